The highest BCUT2D eigenvalue weighted by molar-refractivity contribution is 5.77. The number of hydrogen-bond donors (Lipinski definition) is 2. The molecule has 6 heteroatoms. The fraction of sp³-hybridized carbons (Fsp3) is 0.833. The Balaban J connectivity index is 2.43. The van der Waals surface area contributed by atoms with Gasteiger partial charge in [0.1, 0.15) is 0 Å². The Hall–Kier alpha value is -1.30. The van der Waals surface area contributed by atoms with E-state index in [1.54, 1.807) is 4.90 Å². The molecule has 6 nitrogen and oxygen atoms in total. The second-order valence-corrected chi connectivity index (χ2v) is 5.03. The lowest BCUT2D eigenvalue weighted by Gasteiger charge is -2.25. The van der Waals surface area contributed by atoms with Crippen molar-refractivity contribution in [3.05, 3.63) is 0 Å². The molecule has 0 saturated heterocycles. The Morgan fingerprint density at radius 3 is 2.44 bits per heavy atom. The van der Waals surface area contributed by atoms with Gasteiger partial charge >= 0.3 is 12.0 Å². The molecule has 0 aromatic heterocycles. The van der Waals surface area contributed by atoms with Crippen LogP contribution in [0.15, 0.2) is 0 Å². The largest absolute Gasteiger partial charge is 0.479 e. The van der Waals surface area contributed by atoms with Gasteiger partial charge in [0.15, 0.2) is 6.10 Å². The van der Waals surface area contributed by atoms with Gasteiger partial charge in [-0.2, -0.15) is 0 Å². The van der Waals surface area contributed by atoms with E-state index in [-0.39, 0.29) is 12.6 Å². The summed E-state index contributed by atoms with van der Waals surface area (Å²) in [6.45, 7) is 4.79. The fourth-order valence-corrected chi connectivity index (χ4v) is 1.73. The van der Waals surface area contributed by atoms with Crippen molar-refractivity contribution in [1.82, 2.24) is 10.2 Å². The molecule has 2 amide bonds. The van der Waals surface area contributed by atoms with Crippen molar-refractivity contribution in [2.75, 3.05) is 20.2 Å². The Bertz CT molecular complexity index is 302. The summed E-state index contributed by atoms with van der Waals surface area (Å²) in [7, 11) is 1.32. The van der Waals surface area contributed by atoms with Crippen molar-refractivity contribution in [2.24, 2.45) is 5.92 Å². The summed E-state index contributed by atoms with van der Waals surface area (Å²) in [5.41, 5.74) is 0. The van der Waals surface area contributed by atoms with E-state index in [4.69, 9.17) is 9.84 Å². The monoisotopic (exact) mass is 258 g/mol. The third kappa shape index (κ3) is 4.52. The maximum Gasteiger partial charge on any atom is 0.334 e. The molecule has 1 saturated carbocycles. The molecule has 2 N–H and O–H groups in total. The number of carbonyl (C=O) groups excluding carboxylic acids is 1. The molecule has 1 rings (SSSR count). The molecule has 0 heterocycles. The van der Waals surface area contributed by atoms with Crippen LogP contribution in [0.3, 0.4) is 0 Å². The molecule has 1 aliphatic rings. The number of urea groups is 1. The van der Waals surface area contributed by atoms with Gasteiger partial charge in [-0.3, -0.25) is 0 Å². The van der Waals surface area contributed by atoms with Crippen LogP contribution in [0.5, 0.6) is 0 Å². The molecule has 18 heavy (non-hydrogen) atoms. The average Bonchev–Trinajstić information content (AvgIpc) is 3.09. The first-order chi connectivity index (χ1) is 8.45. The van der Waals surface area contributed by atoms with Crippen LogP contribution in [-0.4, -0.2) is 54.4 Å². The maximum atomic E-state index is 12.0. The number of carboxylic acids is 1. The molecule has 0 spiro atoms. The van der Waals surface area contributed by atoms with Crippen molar-refractivity contribution >= 4 is 12.0 Å². The number of nitrogens with one attached hydrogen (secondary N) is 1. The number of nitrogens with zero attached hydrogens (tertiary/aromatic N) is 1. The van der Waals surface area contributed by atoms with Gasteiger partial charge in [-0.25, -0.2) is 9.59 Å². The minimum absolute atomic E-state index is 0.00795. The van der Waals surface area contributed by atoms with Crippen LogP contribution < -0.4 is 5.32 Å². The van der Waals surface area contributed by atoms with E-state index in [1.165, 1.54) is 7.11 Å². The fourth-order valence-electron chi connectivity index (χ4n) is 1.73. The van der Waals surface area contributed by atoms with Gasteiger partial charge in [0.2, 0.25) is 0 Å². The van der Waals surface area contributed by atoms with Crippen molar-refractivity contribution in [3.8, 4) is 0 Å². The molecule has 1 unspecified atom stereocenters. The van der Waals surface area contributed by atoms with Gasteiger partial charge < -0.3 is 20.1 Å². The highest BCUT2D eigenvalue weighted by atomic mass is 16.5. The molecular weight excluding hydrogens is 236 g/mol. The molecule has 1 atom stereocenters. The first kappa shape index (κ1) is 14.8. The molecule has 0 aromatic carbocycles. The number of amides is 2. The number of methoxy groups -OCH3 is 1. The lowest BCUT2D eigenvalue weighted by molar-refractivity contribution is -0.148. The van der Waals surface area contributed by atoms with Crippen molar-refractivity contribution in [3.63, 3.8) is 0 Å². The normalized spacial score (nSPS) is 16.4. The highest BCUT2D eigenvalue weighted by Gasteiger charge is 2.33. The quantitative estimate of drug-likeness (QED) is 0.711. The molecule has 0 bridgehead atoms. The summed E-state index contributed by atoms with van der Waals surface area (Å²) < 4.78 is 4.77. The highest BCUT2D eigenvalue weighted by Crippen LogP contribution is 2.27. The maximum absolute atomic E-state index is 12.0. The van der Waals surface area contributed by atoms with Gasteiger partial charge in [-0.15, -0.1) is 0 Å². The minimum atomic E-state index is -1.07. The van der Waals surface area contributed by atoms with Crippen molar-refractivity contribution in [2.45, 2.75) is 38.8 Å². The van der Waals surface area contributed by atoms with E-state index in [1.807, 2.05) is 0 Å². The van der Waals surface area contributed by atoms with E-state index in [0.717, 1.165) is 12.8 Å². The predicted octanol–water partition coefficient (Wildman–Crippen LogP) is 0.916. The van der Waals surface area contributed by atoms with Crippen LogP contribution >= 0.6 is 0 Å². The van der Waals surface area contributed by atoms with Crippen molar-refractivity contribution in [1.29, 1.82) is 0 Å². The topological polar surface area (TPSA) is 78.9 Å². The van der Waals surface area contributed by atoms with Gasteiger partial charge in [0.05, 0.1) is 6.54 Å². The number of aliphatic carboxylic acids is 1. The van der Waals surface area contributed by atoms with E-state index in [2.05, 4.69) is 19.2 Å². The molecule has 1 fully saturated rings. The van der Waals surface area contributed by atoms with Gasteiger partial charge in [0, 0.05) is 19.7 Å². The summed E-state index contributed by atoms with van der Waals surface area (Å²) in [5, 5.41) is 11.4. The van der Waals surface area contributed by atoms with E-state index >= 15 is 0 Å². The molecule has 0 radical (unpaired) electrons. The number of ether oxygens (including phenoxy) is 1. The van der Waals surface area contributed by atoms with Gasteiger partial charge in [-0.1, -0.05) is 13.8 Å². The Labute approximate surface area is 107 Å². The zero-order chi connectivity index (χ0) is 13.7. The van der Waals surface area contributed by atoms with Crippen LogP contribution in [-0.2, 0) is 9.53 Å². The summed E-state index contributed by atoms with van der Waals surface area (Å²) in [6, 6.07) is 0.118. The molecule has 1 aliphatic carbocycles. The standard InChI is InChI=1S/C12H22N2O4/c1-8(2)7-14(9-4-5-9)12(17)13-6-10(18-3)11(15)16/h8-10H,4-7H2,1-3H3,(H,13,17)(H,15,16). The zero-order valence-corrected chi connectivity index (χ0v) is 11.2. The van der Waals surface area contributed by atoms with Crippen LogP contribution in [0.2, 0.25) is 0 Å². The Kier molecular flexibility index (Phi) is 5.40. The van der Waals surface area contributed by atoms with Crippen LogP contribution in [0.1, 0.15) is 26.7 Å². The van der Waals surface area contributed by atoms with Crippen molar-refractivity contribution < 1.29 is 19.4 Å². The lowest BCUT2D eigenvalue weighted by Crippen LogP contribution is -2.47. The first-order valence-electron chi connectivity index (χ1n) is 6.25. The number of hydrogen-bond acceptors (Lipinski definition) is 3. The first-order valence-corrected chi connectivity index (χ1v) is 6.25. The summed E-state index contributed by atoms with van der Waals surface area (Å²) in [4.78, 5) is 24.5. The SMILES string of the molecule is COC(CNC(=O)N(CC(C)C)C1CC1)C(=O)O. The third-order valence-corrected chi connectivity index (χ3v) is 2.81. The molecular formula is C12H22N2O4. The number of carboxylic acid groups (broad SMARTS) is 1. The smallest absolute Gasteiger partial charge is 0.334 e. The third-order valence-electron chi connectivity index (χ3n) is 2.81. The Morgan fingerprint density at radius 2 is 2.06 bits per heavy atom. The minimum Gasteiger partial charge on any atom is -0.479 e. The Morgan fingerprint density at radius 1 is 1.44 bits per heavy atom. The second kappa shape index (κ2) is 6.58. The predicted molar refractivity (Wildman–Crippen MR) is 66.4 cm³/mol. The molecule has 0 aliphatic heterocycles. The summed E-state index contributed by atoms with van der Waals surface area (Å²) in [5.74, 6) is -0.673. The summed E-state index contributed by atoms with van der Waals surface area (Å²) in [6.07, 6.45) is 1.08. The number of carbonyl (C=O) groups is 2. The average molecular weight is 258 g/mol. The zero-order valence-electron chi connectivity index (χ0n) is 11.2. The van der Waals surface area contributed by atoms with Crippen LogP contribution in [0.4, 0.5) is 4.79 Å². The second-order valence-electron chi connectivity index (χ2n) is 5.03. The van der Waals surface area contributed by atoms with E-state index in [9.17, 15) is 9.59 Å². The van der Waals surface area contributed by atoms with Gasteiger partial charge in [0.25, 0.3) is 0 Å². The van der Waals surface area contributed by atoms with Crippen LogP contribution in [0.25, 0.3) is 0 Å². The van der Waals surface area contributed by atoms with Crippen LogP contribution in [0, 0.1) is 5.92 Å². The lowest BCUT2D eigenvalue weighted by atomic mass is 10.2. The summed E-state index contributed by atoms with van der Waals surface area (Å²) >= 11 is 0. The number of rotatable bonds is 7. The van der Waals surface area contributed by atoms with E-state index in [0.29, 0.717) is 18.5 Å². The van der Waals surface area contributed by atoms with E-state index < -0.39 is 12.1 Å². The van der Waals surface area contributed by atoms with Gasteiger partial charge in [-0.05, 0) is 18.8 Å². The molecule has 104 valence electrons. The molecule has 0 aromatic rings.